The number of likely N-dealkylation sites (tertiary alicyclic amines) is 1. The molecular formula is C34H45NO2. The Balaban J connectivity index is 1.69. The van der Waals surface area contributed by atoms with Crippen LogP contribution in [0.15, 0.2) is 84.9 Å². The van der Waals surface area contributed by atoms with Gasteiger partial charge in [0.15, 0.2) is 0 Å². The molecular weight excluding hydrogens is 454 g/mol. The molecule has 1 saturated heterocycles. The van der Waals surface area contributed by atoms with Crippen molar-refractivity contribution in [2.45, 2.75) is 83.0 Å². The van der Waals surface area contributed by atoms with Crippen LogP contribution in [-0.4, -0.2) is 28.2 Å². The van der Waals surface area contributed by atoms with E-state index in [1.54, 1.807) is 0 Å². The van der Waals surface area contributed by atoms with Gasteiger partial charge in [0.1, 0.15) is 11.3 Å². The summed E-state index contributed by atoms with van der Waals surface area (Å²) in [5, 5.41) is 24.8. The molecule has 0 amide bonds. The van der Waals surface area contributed by atoms with Crippen LogP contribution in [0.25, 0.3) is 0 Å². The van der Waals surface area contributed by atoms with Gasteiger partial charge in [-0.25, -0.2) is 0 Å². The van der Waals surface area contributed by atoms with Gasteiger partial charge in [0.05, 0.1) is 0 Å². The van der Waals surface area contributed by atoms with Crippen LogP contribution in [0.2, 0.25) is 0 Å². The van der Waals surface area contributed by atoms with E-state index in [9.17, 15) is 10.2 Å². The average Bonchev–Trinajstić information content (AvgIpc) is 2.94. The molecule has 0 bridgehead atoms. The number of nitrogens with zero attached hydrogens (tertiary/aromatic N) is 1. The van der Waals surface area contributed by atoms with Crippen LogP contribution in [-0.2, 0) is 16.7 Å². The van der Waals surface area contributed by atoms with Gasteiger partial charge in [-0.3, -0.25) is 4.90 Å². The Kier molecular flexibility index (Phi) is 8.58. The first-order valence-corrected chi connectivity index (χ1v) is 14.1. The number of piperidine rings is 1. The summed E-state index contributed by atoms with van der Waals surface area (Å²) < 4.78 is 0. The standard InChI is InChI=1S/C34H45NO2/c1-5-27(34(37,30-15-9-6-10-16-30)31-17-11-7-12-18-31)23-24-33(36,35-25-13-8-14-26-35)29-21-19-28(20-22-29)32(2,3)4/h6-7,9-12,15-22,27,36-37H,5,8,13-14,23-26H2,1-4H3. The maximum atomic E-state index is 12.4. The van der Waals surface area contributed by atoms with Gasteiger partial charge < -0.3 is 10.2 Å². The van der Waals surface area contributed by atoms with Crippen LogP contribution in [0.1, 0.15) is 88.5 Å². The summed E-state index contributed by atoms with van der Waals surface area (Å²) in [7, 11) is 0. The Morgan fingerprint density at radius 3 is 1.62 bits per heavy atom. The zero-order chi connectivity index (χ0) is 26.5. The molecule has 4 rings (SSSR count). The lowest BCUT2D eigenvalue weighted by Crippen LogP contribution is -2.49. The zero-order valence-electron chi connectivity index (χ0n) is 23.2. The first kappa shape index (κ1) is 27.6. The van der Waals surface area contributed by atoms with Gasteiger partial charge in [-0.2, -0.15) is 0 Å². The predicted octanol–water partition coefficient (Wildman–Crippen LogP) is 7.36. The maximum Gasteiger partial charge on any atom is 0.144 e. The van der Waals surface area contributed by atoms with Gasteiger partial charge in [-0.1, -0.05) is 119 Å². The summed E-state index contributed by atoms with van der Waals surface area (Å²) in [6.45, 7) is 10.6. The normalized spacial score (nSPS) is 17.8. The monoisotopic (exact) mass is 499 g/mol. The minimum atomic E-state index is -1.13. The molecule has 1 aliphatic rings. The van der Waals surface area contributed by atoms with Crippen LogP contribution in [0.3, 0.4) is 0 Å². The van der Waals surface area contributed by atoms with Crippen LogP contribution in [0.4, 0.5) is 0 Å². The fourth-order valence-corrected chi connectivity index (χ4v) is 6.09. The highest BCUT2D eigenvalue weighted by atomic mass is 16.3. The summed E-state index contributed by atoms with van der Waals surface area (Å²) in [6, 6.07) is 28.7. The molecule has 2 N–H and O–H groups in total. The van der Waals surface area contributed by atoms with Crippen molar-refractivity contribution in [1.29, 1.82) is 0 Å². The van der Waals surface area contributed by atoms with Crippen molar-refractivity contribution in [1.82, 2.24) is 4.90 Å². The van der Waals surface area contributed by atoms with Gasteiger partial charge in [-0.15, -0.1) is 0 Å². The summed E-state index contributed by atoms with van der Waals surface area (Å²) in [6.07, 6.45) is 5.51. The molecule has 3 aromatic rings. The Morgan fingerprint density at radius 2 is 1.16 bits per heavy atom. The second-order valence-corrected chi connectivity index (χ2v) is 11.8. The van der Waals surface area contributed by atoms with Crippen molar-refractivity contribution in [3.8, 4) is 0 Å². The summed E-state index contributed by atoms with van der Waals surface area (Å²) in [5.74, 6) is -0.0533. The topological polar surface area (TPSA) is 43.7 Å². The first-order chi connectivity index (χ1) is 17.7. The number of benzene rings is 3. The molecule has 0 aliphatic carbocycles. The summed E-state index contributed by atoms with van der Waals surface area (Å²) in [5.41, 5.74) is 1.92. The Labute approximate surface area is 224 Å². The highest BCUT2D eigenvalue weighted by Crippen LogP contribution is 2.44. The third-order valence-electron chi connectivity index (χ3n) is 8.45. The minimum absolute atomic E-state index is 0.0533. The maximum absolute atomic E-state index is 12.4. The van der Waals surface area contributed by atoms with E-state index in [0.717, 1.165) is 49.0 Å². The number of hydrogen-bond donors (Lipinski definition) is 2. The molecule has 2 unspecified atom stereocenters. The Morgan fingerprint density at radius 1 is 0.676 bits per heavy atom. The van der Waals surface area contributed by atoms with Crippen molar-refractivity contribution in [3.05, 3.63) is 107 Å². The van der Waals surface area contributed by atoms with Crippen molar-refractivity contribution in [2.24, 2.45) is 5.92 Å². The fourth-order valence-electron chi connectivity index (χ4n) is 6.09. The van der Waals surface area contributed by atoms with Gasteiger partial charge >= 0.3 is 0 Å². The fraction of sp³-hybridized carbons (Fsp3) is 0.471. The first-order valence-electron chi connectivity index (χ1n) is 14.1. The molecule has 0 saturated carbocycles. The van der Waals surface area contributed by atoms with E-state index in [0.29, 0.717) is 12.8 Å². The summed E-state index contributed by atoms with van der Waals surface area (Å²) >= 11 is 0. The lowest BCUT2D eigenvalue weighted by Gasteiger charge is -2.44. The molecule has 1 fully saturated rings. The van der Waals surface area contributed by atoms with Crippen LogP contribution < -0.4 is 0 Å². The van der Waals surface area contributed by atoms with Crippen LogP contribution >= 0.6 is 0 Å². The summed E-state index contributed by atoms with van der Waals surface area (Å²) in [4.78, 5) is 2.28. The number of rotatable bonds is 9. The Hall–Kier alpha value is -2.46. The lowest BCUT2D eigenvalue weighted by molar-refractivity contribution is -0.137. The van der Waals surface area contributed by atoms with Gasteiger partial charge in [0.25, 0.3) is 0 Å². The second kappa shape index (κ2) is 11.5. The van der Waals surface area contributed by atoms with Gasteiger partial charge in [0.2, 0.25) is 0 Å². The molecule has 37 heavy (non-hydrogen) atoms. The molecule has 0 radical (unpaired) electrons. The molecule has 3 nitrogen and oxygen atoms in total. The second-order valence-electron chi connectivity index (χ2n) is 11.8. The molecule has 198 valence electrons. The van der Waals surface area contributed by atoms with E-state index in [1.807, 2.05) is 60.7 Å². The Bertz CT molecular complexity index is 1060. The van der Waals surface area contributed by atoms with Crippen molar-refractivity contribution in [3.63, 3.8) is 0 Å². The highest BCUT2D eigenvalue weighted by Gasteiger charge is 2.43. The molecule has 1 aliphatic heterocycles. The number of aliphatic hydroxyl groups is 2. The van der Waals surface area contributed by atoms with E-state index in [1.165, 1.54) is 12.0 Å². The molecule has 0 spiro atoms. The van der Waals surface area contributed by atoms with Gasteiger partial charge in [-0.05, 0) is 65.7 Å². The highest BCUT2D eigenvalue weighted by molar-refractivity contribution is 5.37. The van der Waals surface area contributed by atoms with Crippen molar-refractivity contribution >= 4 is 0 Å². The van der Waals surface area contributed by atoms with Crippen LogP contribution in [0, 0.1) is 5.92 Å². The van der Waals surface area contributed by atoms with E-state index in [-0.39, 0.29) is 11.3 Å². The SMILES string of the molecule is CCC(CCC(O)(c1ccc(C(C)(C)C)cc1)N1CCCCC1)C(O)(c1ccccc1)c1ccccc1. The van der Waals surface area contributed by atoms with Gasteiger partial charge in [0, 0.05) is 13.1 Å². The van der Waals surface area contributed by atoms with Crippen molar-refractivity contribution < 1.29 is 10.2 Å². The molecule has 1 heterocycles. The van der Waals surface area contributed by atoms with E-state index in [2.05, 4.69) is 56.9 Å². The smallest absolute Gasteiger partial charge is 0.144 e. The quantitative estimate of drug-likeness (QED) is 0.323. The third-order valence-corrected chi connectivity index (χ3v) is 8.45. The lowest BCUT2D eigenvalue weighted by atomic mass is 9.72. The van der Waals surface area contributed by atoms with E-state index in [4.69, 9.17) is 0 Å². The molecule has 3 aromatic carbocycles. The third kappa shape index (κ3) is 5.85. The molecule has 2 atom stereocenters. The van der Waals surface area contributed by atoms with E-state index < -0.39 is 11.3 Å². The number of hydrogen-bond acceptors (Lipinski definition) is 3. The zero-order valence-corrected chi connectivity index (χ0v) is 23.2. The molecule has 3 heteroatoms. The average molecular weight is 500 g/mol. The van der Waals surface area contributed by atoms with E-state index >= 15 is 0 Å². The van der Waals surface area contributed by atoms with Crippen molar-refractivity contribution in [2.75, 3.05) is 13.1 Å². The largest absolute Gasteiger partial charge is 0.380 e. The minimum Gasteiger partial charge on any atom is -0.380 e. The predicted molar refractivity (Wildman–Crippen MR) is 153 cm³/mol. The van der Waals surface area contributed by atoms with Crippen LogP contribution in [0.5, 0.6) is 0 Å². The molecule has 0 aromatic heterocycles.